The molecule has 0 saturated heterocycles. The van der Waals surface area contributed by atoms with E-state index in [0.717, 1.165) is 41.4 Å². The van der Waals surface area contributed by atoms with Crippen molar-refractivity contribution >= 4 is 0 Å². The van der Waals surface area contributed by atoms with Crippen molar-refractivity contribution in [3.05, 3.63) is 0 Å². The van der Waals surface area contributed by atoms with E-state index in [0.29, 0.717) is 5.41 Å². The lowest BCUT2D eigenvalue weighted by Crippen LogP contribution is -2.29. The molecule has 180 valence electrons. The summed E-state index contributed by atoms with van der Waals surface area (Å²) in [5, 5.41) is 0. The SMILES string of the molecule is CCC1(C)CCC(C(C)CCCC(C)C)C1CC(C)CCCC(C)CCCC(C)C. The van der Waals surface area contributed by atoms with Crippen LogP contribution in [0.15, 0.2) is 0 Å². The molecule has 0 radical (unpaired) electrons. The van der Waals surface area contributed by atoms with Gasteiger partial charge in [0.25, 0.3) is 0 Å². The van der Waals surface area contributed by atoms with E-state index < -0.39 is 0 Å². The van der Waals surface area contributed by atoms with Crippen LogP contribution in [0.3, 0.4) is 0 Å². The summed E-state index contributed by atoms with van der Waals surface area (Å²) in [4.78, 5) is 0. The van der Waals surface area contributed by atoms with Crippen molar-refractivity contribution in [2.75, 3.05) is 0 Å². The molecule has 0 aromatic carbocycles. The van der Waals surface area contributed by atoms with E-state index in [9.17, 15) is 0 Å². The van der Waals surface area contributed by atoms with Crippen molar-refractivity contribution in [1.82, 2.24) is 0 Å². The molecule has 30 heavy (non-hydrogen) atoms. The number of hydrogen-bond donors (Lipinski definition) is 0. The van der Waals surface area contributed by atoms with Crippen LogP contribution in [0.25, 0.3) is 0 Å². The third kappa shape index (κ3) is 10.1. The van der Waals surface area contributed by atoms with Gasteiger partial charge in [-0.25, -0.2) is 0 Å². The minimum absolute atomic E-state index is 0.607. The Labute approximate surface area is 192 Å². The summed E-state index contributed by atoms with van der Waals surface area (Å²) in [7, 11) is 0. The van der Waals surface area contributed by atoms with Crippen LogP contribution in [0.2, 0.25) is 0 Å². The normalized spacial score (nSPS) is 27.7. The average molecular weight is 421 g/mol. The van der Waals surface area contributed by atoms with Gasteiger partial charge in [-0.3, -0.25) is 0 Å². The van der Waals surface area contributed by atoms with E-state index in [1.54, 1.807) is 0 Å². The monoisotopic (exact) mass is 420 g/mol. The predicted molar refractivity (Wildman–Crippen MR) is 138 cm³/mol. The molecule has 0 heteroatoms. The summed E-state index contributed by atoms with van der Waals surface area (Å²) >= 11 is 0. The zero-order valence-corrected chi connectivity index (χ0v) is 22.7. The lowest BCUT2D eigenvalue weighted by molar-refractivity contribution is 0.120. The molecule has 6 atom stereocenters. The van der Waals surface area contributed by atoms with Crippen molar-refractivity contribution in [1.29, 1.82) is 0 Å². The smallest absolute Gasteiger partial charge is 0.0297 e. The zero-order chi connectivity index (χ0) is 22.7. The highest BCUT2D eigenvalue weighted by Gasteiger charge is 2.45. The maximum Gasteiger partial charge on any atom is -0.0297 e. The molecule has 1 aliphatic carbocycles. The Kier molecular flexibility index (Phi) is 13.3. The largest absolute Gasteiger partial charge is 0.0649 e. The molecule has 0 aromatic rings. The molecule has 1 aliphatic rings. The Balaban J connectivity index is 2.48. The van der Waals surface area contributed by atoms with Gasteiger partial charge in [0.15, 0.2) is 0 Å². The molecule has 0 bridgehead atoms. The second kappa shape index (κ2) is 14.2. The first-order chi connectivity index (χ1) is 14.1. The second-order valence-electron chi connectivity index (χ2n) is 12.8. The van der Waals surface area contributed by atoms with Crippen LogP contribution in [-0.2, 0) is 0 Å². The number of rotatable bonds is 16. The van der Waals surface area contributed by atoms with Gasteiger partial charge in [0.2, 0.25) is 0 Å². The molecule has 0 aromatic heterocycles. The van der Waals surface area contributed by atoms with Gasteiger partial charge in [0, 0.05) is 0 Å². The molecule has 1 saturated carbocycles. The van der Waals surface area contributed by atoms with E-state index >= 15 is 0 Å². The minimum Gasteiger partial charge on any atom is -0.0649 e. The highest BCUT2D eigenvalue weighted by Crippen LogP contribution is 2.54. The van der Waals surface area contributed by atoms with Crippen molar-refractivity contribution in [3.8, 4) is 0 Å². The summed E-state index contributed by atoms with van der Waals surface area (Å²) < 4.78 is 0. The Morgan fingerprint density at radius 1 is 0.700 bits per heavy atom. The lowest BCUT2D eigenvalue weighted by atomic mass is 9.68. The molecule has 0 N–H and O–H groups in total. The van der Waals surface area contributed by atoms with Gasteiger partial charge >= 0.3 is 0 Å². The summed E-state index contributed by atoms with van der Waals surface area (Å²) in [5.41, 5.74) is 0.607. The van der Waals surface area contributed by atoms with Gasteiger partial charge in [-0.2, -0.15) is 0 Å². The maximum atomic E-state index is 2.63. The first-order valence-corrected chi connectivity index (χ1v) is 14.1. The van der Waals surface area contributed by atoms with Crippen LogP contribution in [0.5, 0.6) is 0 Å². The molecule has 0 aliphatic heterocycles. The van der Waals surface area contributed by atoms with Crippen molar-refractivity contribution < 1.29 is 0 Å². The minimum atomic E-state index is 0.607. The lowest BCUT2D eigenvalue weighted by Gasteiger charge is -2.37. The van der Waals surface area contributed by atoms with Gasteiger partial charge in [-0.15, -0.1) is 0 Å². The van der Waals surface area contributed by atoms with Gasteiger partial charge in [-0.05, 0) is 66.1 Å². The fraction of sp³-hybridized carbons (Fsp3) is 1.00. The summed E-state index contributed by atoms with van der Waals surface area (Å²) in [6, 6.07) is 0. The Hall–Kier alpha value is 0. The summed E-state index contributed by atoms with van der Waals surface area (Å²) in [5.74, 6) is 6.46. The zero-order valence-electron chi connectivity index (χ0n) is 22.7. The van der Waals surface area contributed by atoms with Crippen LogP contribution >= 0.6 is 0 Å². The second-order valence-corrected chi connectivity index (χ2v) is 12.8. The summed E-state index contributed by atoms with van der Waals surface area (Å²) in [6.45, 7) is 22.2. The fourth-order valence-corrected chi connectivity index (χ4v) is 6.43. The summed E-state index contributed by atoms with van der Waals surface area (Å²) in [6.07, 6.45) is 18.8. The average Bonchev–Trinajstić information content (AvgIpc) is 2.98. The Morgan fingerprint density at radius 2 is 1.20 bits per heavy atom. The highest BCUT2D eigenvalue weighted by atomic mass is 14.5. The highest BCUT2D eigenvalue weighted by molar-refractivity contribution is 4.95. The van der Waals surface area contributed by atoms with Crippen LogP contribution in [-0.4, -0.2) is 0 Å². The van der Waals surface area contributed by atoms with Crippen molar-refractivity contribution in [2.24, 2.45) is 46.8 Å². The van der Waals surface area contributed by atoms with Crippen LogP contribution < -0.4 is 0 Å². The molecule has 0 nitrogen and oxygen atoms in total. The quantitative estimate of drug-likeness (QED) is 0.233. The molecular formula is C30H60. The number of hydrogen-bond acceptors (Lipinski definition) is 0. The molecular weight excluding hydrogens is 360 g/mol. The van der Waals surface area contributed by atoms with Gasteiger partial charge in [0.1, 0.15) is 0 Å². The molecule has 0 amide bonds. The van der Waals surface area contributed by atoms with Crippen molar-refractivity contribution in [3.63, 3.8) is 0 Å². The molecule has 1 fully saturated rings. The van der Waals surface area contributed by atoms with Gasteiger partial charge < -0.3 is 0 Å². The molecule has 0 heterocycles. The van der Waals surface area contributed by atoms with E-state index in [1.807, 2.05) is 0 Å². The van der Waals surface area contributed by atoms with Crippen LogP contribution in [0.1, 0.15) is 146 Å². The first kappa shape index (κ1) is 28.0. The van der Waals surface area contributed by atoms with Crippen LogP contribution in [0, 0.1) is 46.8 Å². The van der Waals surface area contributed by atoms with E-state index in [4.69, 9.17) is 0 Å². The standard InChI is InChI=1S/C30H60/c1-10-30(9)21-20-28(27(8)19-12-15-24(4)5)29(30)22-26(7)18-13-17-25(6)16-11-14-23(2)3/h23-29H,10-22H2,1-9H3. The van der Waals surface area contributed by atoms with Gasteiger partial charge in [0.05, 0.1) is 0 Å². The molecule has 0 spiro atoms. The third-order valence-electron chi connectivity index (χ3n) is 8.97. The molecule has 6 unspecified atom stereocenters. The third-order valence-corrected chi connectivity index (χ3v) is 8.97. The van der Waals surface area contributed by atoms with E-state index in [1.165, 1.54) is 83.5 Å². The van der Waals surface area contributed by atoms with E-state index in [-0.39, 0.29) is 0 Å². The Bertz CT molecular complexity index is 422. The fourth-order valence-electron chi connectivity index (χ4n) is 6.43. The molecule has 1 rings (SSSR count). The maximum absolute atomic E-state index is 2.63. The first-order valence-electron chi connectivity index (χ1n) is 14.1. The topological polar surface area (TPSA) is 0 Å². The van der Waals surface area contributed by atoms with Crippen molar-refractivity contribution in [2.45, 2.75) is 146 Å². The van der Waals surface area contributed by atoms with E-state index in [2.05, 4.69) is 62.3 Å². The predicted octanol–water partition coefficient (Wildman–Crippen LogP) is 10.6. The van der Waals surface area contributed by atoms with Gasteiger partial charge in [-0.1, -0.05) is 127 Å². The Morgan fingerprint density at radius 3 is 1.73 bits per heavy atom. The van der Waals surface area contributed by atoms with Crippen LogP contribution in [0.4, 0.5) is 0 Å².